The maximum atomic E-state index is 12.5. The van der Waals surface area contributed by atoms with Crippen molar-refractivity contribution < 1.29 is 9.90 Å². The van der Waals surface area contributed by atoms with Crippen molar-refractivity contribution in [2.45, 2.75) is 5.16 Å². The number of nitrogens with zero attached hydrogens (tertiary/aromatic N) is 4. The lowest BCUT2D eigenvalue weighted by Gasteiger charge is -2.10. The third kappa shape index (κ3) is 4.92. The molecule has 0 spiro atoms. The zero-order valence-electron chi connectivity index (χ0n) is 18.6. The van der Waals surface area contributed by atoms with Gasteiger partial charge < -0.3 is 5.11 Å². The number of hydrazone groups is 1. The molecule has 0 saturated carbocycles. The van der Waals surface area contributed by atoms with Crippen LogP contribution >= 0.6 is 11.8 Å². The van der Waals surface area contributed by atoms with Crippen LogP contribution in [0.15, 0.2) is 107 Å². The van der Waals surface area contributed by atoms with E-state index in [1.165, 1.54) is 18.0 Å². The number of benzene rings is 4. The molecule has 5 rings (SSSR count). The van der Waals surface area contributed by atoms with Gasteiger partial charge >= 0.3 is 0 Å². The molecule has 4 aromatic carbocycles. The van der Waals surface area contributed by atoms with E-state index in [1.807, 2.05) is 95.6 Å². The number of rotatable bonds is 7. The van der Waals surface area contributed by atoms with Gasteiger partial charge in [-0.15, -0.1) is 10.2 Å². The number of phenolic OH excluding ortho intramolecular Hbond substituents is 1. The van der Waals surface area contributed by atoms with E-state index in [4.69, 9.17) is 0 Å². The lowest BCUT2D eigenvalue weighted by Crippen LogP contribution is -2.20. The molecule has 1 amide bonds. The maximum absolute atomic E-state index is 12.5. The summed E-state index contributed by atoms with van der Waals surface area (Å²) in [5, 5.41) is 25.4. The number of nitrogens with one attached hydrogen (secondary N) is 1. The van der Waals surface area contributed by atoms with Crippen LogP contribution in [0, 0.1) is 0 Å². The Morgan fingerprint density at radius 2 is 1.63 bits per heavy atom. The maximum Gasteiger partial charge on any atom is 0.250 e. The molecule has 0 unspecified atom stereocenters. The highest BCUT2D eigenvalue weighted by molar-refractivity contribution is 7.99. The van der Waals surface area contributed by atoms with E-state index in [0.717, 1.165) is 22.0 Å². The van der Waals surface area contributed by atoms with Gasteiger partial charge in [0.25, 0.3) is 5.91 Å². The Bertz CT molecular complexity index is 1500. The van der Waals surface area contributed by atoms with Gasteiger partial charge in [0.2, 0.25) is 0 Å². The molecule has 0 saturated heterocycles. The summed E-state index contributed by atoms with van der Waals surface area (Å²) in [5.74, 6) is 0.595. The van der Waals surface area contributed by atoms with Gasteiger partial charge in [0.1, 0.15) is 5.75 Å². The van der Waals surface area contributed by atoms with Gasteiger partial charge in [-0.1, -0.05) is 90.6 Å². The van der Waals surface area contributed by atoms with Crippen LogP contribution in [-0.4, -0.2) is 37.7 Å². The normalized spacial score (nSPS) is 11.2. The van der Waals surface area contributed by atoms with Crippen LogP contribution in [0.2, 0.25) is 0 Å². The van der Waals surface area contributed by atoms with E-state index in [0.29, 0.717) is 16.5 Å². The smallest absolute Gasteiger partial charge is 0.250 e. The Morgan fingerprint density at radius 1 is 0.914 bits per heavy atom. The quantitative estimate of drug-likeness (QED) is 0.194. The van der Waals surface area contributed by atoms with Gasteiger partial charge in [-0.25, -0.2) is 5.43 Å². The Balaban J connectivity index is 1.32. The minimum Gasteiger partial charge on any atom is -0.507 e. The van der Waals surface area contributed by atoms with Crippen molar-refractivity contribution >= 4 is 34.7 Å². The molecule has 1 aromatic heterocycles. The van der Waals surface area contributed by atoms with E-state index in [1.54, 1.807) is 6.07 Å². The van der Waals surface area contributed by atoms with E-state index in [2.05, 4.69) is 20.7 Å². The molecule has 172 valence electrons. The van der Waals surface area contributed by atoms with Crippen molar-refractivity contribution in [3.8, 4) is 22.8 Å². The first-order valence-electron chi connectivity index (χ1n) is 10.9. The highest BCUT2D eigenvalue weighted by Gasteiger charge is 2.17. The third-order valence-electron chi connectivity index (χ3n) is 5.34. The molecule has 5 aromatic rings. The van der Waals surface area contributed by atoms with Crippen LogP contribution in [0.5, 0.6) is 5.75 Å². The molecule has 0 aliphatic heterocycles. The molecule has 0 bridgehead atoms. The van der Waals surface area contributed by atoms with Gasteiger partial charge in [-0.2, -0.15) is 5.10 Å². The van der Waals surface area contributed by atoms with Crippen molar-refractivity contribution in [1.82, 2.24) is 20.2 Å². The minimum absolute atomic E-state index is 0.0958. The second kappa shape index (κ2) is 10.2. The monoisotopic (exact) mass is 479 g/mol. The summed E-state index contributed by atoms with van der Waals surface area (Å²) in [5.41, 5.74) is 4.92. The van der Waals surface area contributed by atoms with Crippen LogP contribution in [0.25, 0.3) is 27.8 Å². The predicted molar refractivity (Wildman–Crippen MR) is 139 cm³/mol. The lowest BCUT2D eigenvalue weighted by molar-refractivity contribution is -0.118. The summed E-state index contributed by atoms with van der Waals surface area (Å²) in [4.78, 5) is 12.5. The minimum atomic E-state index is -0.296. The van der Waals surface area contributed by atoms with Crippen molar-refractivity contribution in [2.24, 2.45) is 5.10 Å². The molecule has 0 atom stereocenters. The molecule has 0 radical (unpaired) electrons. The highest BCUT2D eigenvalue weighted by atomic mass is 32.2. The standard InChI is InChI=1S/C27H21N5O2S/c33-24-16-15-19-9-7-8-14-22(19)23(24)17-28-29-25(34)18-35-27-31-30-26(20-10-3-1-4-11-20)32(27)21-12-5-2-6-13-21/h1-17,33H,18H2,(H,29,34)/b28-17+. The van der Waals surface area contributed by atoms with Crippen LogP contribution in [-0.2, 0) is 4.79 Å². The van der Waals surface area contributed by atoms with Crippen LogP contribution in [0.3, 0.4) is 0 Å². The molecular formula is C27H21N5O2S. The number of hydrogen-bond donors (Lipinski definition) is 2. The van der Waals surface area contributed by atoms with Gasteiger partial charge in [-0.05, 0) is 29.0 Å². The fraction of sp³-hybridized carbons (Fsp3) is 0.0370. The van der Waals surface area contributed by atoms with Crippen LogP contribution in [0.1, 0.15) is 5.56 Å². The van der Waals surface area contributed by atoms with Crippen molar-refractivity contribution in [1.29, 1.82) is 0 Å². The zero-order valence-corrected chi connectivity index (χ0v) is 19.4. The number of aromatic nitrogens is 3. The number of carbonyl (C=O) groups excluding carboxylic acids is 1. The lowest BCUT2D eigenvalue weighted by atomic mass is 10.0. The fourth-order valence-electron chi connectivity index (χ4n) is 3.70. The van der Waals surface area contributed by atoms with Crippen molar-refractivity contribution in [3.63, 3.8) is 0 Å². The zero-order chi connectivity index (χ0) is 24.0. The predicted octanol–water partition coefficient (Wildman–Crippen LogP) is 5.04. The average Bonchev–Trinajstić information content (AvgIpc) is 3.34. The molecule has 8 heteroatoms. The molecule has 2 N–H and O–H groups in total. The SMILES string of the molecule is O=C(CSc1nnc(-c2ccccc2)n1-c1ccccc1)N/N=C/c1c(O)ccc2ccccc12. The van der Waals surface area contributed by atoms with Gasteiger partial charge in [-0.3, -0.25) is 9.36 Å². The Morgan fingerprint density at radius 3 is 2.43 bits per heavy atom. The van der Waals surface area contributed by atoms with E-state index < -0.39 is 0 Å². The fourth-order valence-corrected chi connectivity index (χ4v) is 4.44. The first-order valence-corrected chi connectivity index (χ1v) is 11.9. The summed E-state index contributed by atoms with van der Waals surface area (Å²) < 4.78 is 1.94. The number of aromatic hydroxyl groups is 1. The second-order valence-corrected chi connectivity index (χ2v) is 8.59. The first-order chi connectivity index (χ1) is 17.2. The summed E-state index contributed by atoms with van der Waals surface area (Å²) in [6.07, 6.45) is 1.46. The van der Waals surface area contributed by atoms with E-state index in [-0.39, 0.29) is 17.4 Å². The first kappa shape index (κ1) is 22.4. The highest BCUT2D eigenvalue weighted by Crippen LogP contribution is 2.28. The van der Waals surface area contributed by atoms with E-state index in [9.17, 15) is 9.90 Å². The summed E-state index contributed by atoms with van der Waals surface area (Å²) in [6, 6.07) is 30.7. The van der Waals surface area contributed by atoms with Crippen molar-refractivity contribution in [3.05, 3.63) is 103 Å². The largest absolute Gasteiger partial charge is 0.507 e. The summed E-state index contributed by atoms with van der Waals surface area (Å²) >= 11 is 1.27. The van der Waals surface area contributed by atoms with E-state index >= 15 is 0 Å². The Labute approximate surface area is 206 Å². The molecule has 0 aliphatic carbocycles. The average molecular weight is 480 g/mol. The number of fused-ring (bicyclic) bond motifs is 1. The number of carbonyl (C=O) groups is 1. The summed E-state index contributed by atoms with van der Waals surface area (Å²) in [7, 11) is 0. The Hall–Kier alpha value is -4.43. The third-order valence-corrected chi connectivity index (χ3v) is 6.27. The van der Waals surface area contributed by atoms with Gasteiger partial charge in [0.15, 0.2) is 11.0 Å². The van der Waals surface area contributed by atoms with Gasteiger partial charge in [0, 0.05) is 16.8 Å². The topological polar surface area (TPSA) is 92.4 Å². The van der Waals surface area contributed by atoms with Crippen molar-refractivity contribution in [2.75, 3.05) is 5.75 Å². The Kier molecular flexibility index (Phi) is 6.54. The molecule has 0 aliphatic rings. The molecular weight excluding hydrogens is 458 g/mol. The number of thioether (sulfide) groups is 1. The second-order valence-electron chi connectivity index (χ2n) is 7.64. The molecule has 0 fully saturated rings. The summed E-state index contributed by atoms with van der Waals surface area (Å²) in [6.45, 7) is 0. The van der Waals surface area contributed by atoms with Crippen LogP contribution in [0.4, 0.5) is 0 Å². The number of phenols is 1. The molecule has 7 nitrogen and oxygen atoms in total. The molecule has 35 heavy (non-hydrogen) atoms. The number of amides is 1. The molecule has 1 heterocycles. The van der Waals surface area contributed by atoms with Gasteiger partial charge in [0.05, 0.1) is 12.0 Å². The van der Waals surface area contributed by atoms with Crippen LogP contribution < -0.4 is 5.43 Å². The number of para-hydroxylation sites is 1. The number of hydrogen-bond acceptors (Lipinski definition) is 6.